The summed E-state index contributed by atoms with van der Waals surface area (Å²) in [7, 11) is 0. The predicted molar refractivity (Wildman–Crippen MR) is 78.6 cm³/mol. The summed E-state index contributed by atoms with van der Waals surface area (Å²) in [5, 5.41) is 3.64. The molecule has 0 radical (unpaired) electrons. The van der Waals surface area contributed by atoms with Gasteiger partial charge in [-0.15, -0.1) is 0 Å². The summed E-state index contributed by atoms with van der Waals surface area (Å²) in [6.07, 6.45) is 3.33. The van der Waals surface area contributed by atoms with Crippen molar-refractivity contribution in [3.8, 4) is 0 Å². The zero-order valence-corrected chi connectivity index (χ0v) is 10.5. The first kappa shape index (κ1) is 12.4. The molecule has 90 valence electrons. The lowest BCUT2D eigenvalue weighted by Gasteiger charge is -1.99. The highest BCUT2D eigenvalue weighted by Crippen LogP contribution is 2.11. The van der Waals surface area contributed by atoms with Gasteiger partial charge in [0.05, 0.1) is 10.7 Å². The number of benzene rings is 2. The maximum Gasteiger partial charge on any atom is 0.0748 e. The highest BCUT2D eigenvalue weighted by atomic mass is 35.5. The standard InChI is InChI=1S/C15H13ClN2/c16-13(11-17-14-7-3-1-4-8-14)12-18-15-9-5-2-6-10-15/h1-12,17H. The molecule has 0 saturated carbocycles. The van der Waals surface area contributed by atoms with Crippen LogP contribution in [0.15, 0.2) is 76.9 Å². The van der Waals surface area contributed by atoms with Crippen LogP contribution < -0.4 is 5.32 Å². The number of nitrogens with zero attached hydrogens (tertiary/aromatic N) is 1. The molecule has 0 heterocycles. The van der Waals surface area contributed by atoms with Crippen LogP contribution in [0.25, 0.3) is 0 Å². The van der Waals surface area contributed by atoms with Gasteiger partial charge < -0.3 is 5.32 Å². The number of hydrogen-bond acceptors (Lipinski definition) is 2. The van der Waals surface area contributed by atoms with Gasteiger partial charge in [0, 0.05) is 18.1 Å². The van der Waals surface area contributed by atoms with Crippen molar-refractivity contribution in [1.82, 2.24) is 0 Å². The molecule has 2 rings (SSSR count). The van der Waals surface area contributed by atoms with Crippen LogP contribution in [-0.4, -0.2) is 6.21 Å². The fourth-order valence-electron chi connectivity index (χ4n) is 1.37. The molecule has 0 aliphatic rings. The van der Waals surface area contributed by atoms with Gasteiger partial charge in [-0.25, -0.2) is 0 Å². The average molecular weight is 257 g/mol. The van der Waals surface area contributed by atoms with Crippen LogP contribution in [0.1, 0.15) is 0 Å². The summed E-state index contributed by atoms with van der Waals surface area (Å²) in [4.78, 5) is 4.25. The van der Waals surface area contributed by atoms with E-state index in [1.165, 1.54) is 0 Å². The van der Waals surface area contributed by atoms with E-state index in [4.69, 9.17) is 11.6 Å². The molecule has 2 aromatic carbocycles. The third-order valence-electron chi connectivity index (χ3n) is 2.24. The van der Waals surface area contributed by atoms with Gasteiger partial charge in [-0.1, -0.05) is 48.0 Å². The first-order chi connectivity index (χ1) is 8.84. The molecule has 3 heteroatoms. The molecule has 0 spiro atoms. The topological polar surface area (TPSA) is 24.4 Å². The molecular formula is C15H13ClN2. The van der Waals surface area contributed by atoms with Crippen LogP contribution in [0.5, 0.6) is 0 Å². The fourth-order valence-corrected chi connectivity index (χ4v) is 1.48. The van der Waals surface area contributed by atoms with Crippen molar-refractivity contribution >= 4 is 29.2 Å². The molecule has 2 aromatic rings. The minimum atomic E-state index is 0.544. The largest absolute Gasteiger partial charge is 0.360 e. The molecule has 0 aromatic heterocycles. The fraction of sp³-hybridized carbons (Fsp3) is 0. The normalized spacial score (nSPS) is 11.7. The van der Waals surface area contributed by atoms with Crippen molar-refractivity contribution in [3.05, 3.63) is 71.9 Å². The zero-order chi connectivity index (χ0) is 12.6. The van der Waals surface area contributed by atoms with Gasteiger partial charge in [0.1, 0.15) is 0 Å². The Bertz CT molecular complexity index is 533. The second-order valence-corrected chi connectivity index (χ2v) is 4.07. The summed E-state index contributed by atoms with van der Waals surface area (Å²) in [5.74, 6) is 0. The van der Waals surface area contributed by atoms with Crippen molar-refractivity contribution < 1.29 is 0 Å². The Hall–Kier alpha value is -2.06. The van der Waals surface area contributed by atoms with Crippen LogP contribution in [-0.2, 0) is 0 Å². The minimum Gasteiger partial charge on any atom is -0.360 e. The Morgan fingerprint density at radius 2 is 1.56 bits per heavy atom. The summed E-state index contributed by atoms with van der Waals surface area (Å²) in [5.41, 5.74) is 1.87. The molecule has 0 amide bonds. The molecule has 0 fully saturated rings. The molecular weight excluding hydrogens is 244 g/mol. The van der Waals surface area contributed by atoms with Gasteiger partial charge in [0.2, 0.25) is 0 Å². The van der Waals surface area contributed by atoms with Crippen LogP contribution in [0, 0.1) is 0 Å². The van der Waals surface area contributed by atoms with E-state index in [0.29, 0.717) is 5.03 Å². The molecule has 0 unspecified atom stereocenters. The van der Waals surface area contributed by atoms with Gasteiger partial charge in [-0.05, 0) is 24.3 Å². The van der Waals surface area contributed by atoms with E-state index in [9.17, 15) is 0 Å². The molecule has 2 nitrogen and oxygen atoms in total. The number of para-hydroxylation sites is 2. The third kappa shape index (κ3) is 4.07. The van der Waals surface area contributed by atoms with Crippen molar-refractivity contribution in [2.45, 2.75) is 0 Å². The van der Waals surface area contributed by atoms with Crippen LogP contribution >= 0.6 is 11.6 Å². The van der Waals surface area contributed by atoms with Crippen molar-refractivity contribution in [2.75, 3.05) is 5.32 Å². The molecule has 0 saturated heterocycles. The first-order valence-electron chi connectivity index (χ1n) is 5.61. The van der Waals surface area contributed by atoms with Gasteiger partial charge in [-0.2, -0.15) is 0 Å². The number of anilines is 1. The number of hydrogen-bond donors (Lipinski definition) is 1. The maximum atomic E-state index is 6.03. The van der Waals surface area contributed by atoms with Crippen LogP contribution in [0.4, 0.5) is 11.4 Å². The van der Waals surface area contributed by atoms with E-state index in [1.807, 2.05) is 60.7 Å². The van der Waals surface area contributed by atoms with E-state index in [-0.39, 0.29) is 0 Å². The first-order valence-corrected chi connectivity index (χ1v) is 5.99. The van der Waals surface area contributed by atoms with Crippen LogP contribution in [0.2, 0.25) is 0 Å². The molecule has 0 bridgehead atoms. The van der Waals surface area contributed by atoms with Gasteiger partial charge in [0.25, 0.3) is 0 Å². The third-order valence-corrected chi connectivity index (χ3v) is 2.45. The summed E-state index contributed by atoms with van der Waals surface area (Å²) in [6.45, 7) is 0. The number of rotatable bonds is 4. The van der Waals surface area contributed by atoms with E-state index in [2.05, 4.69) is 10.3 Å². The Morgan fingerprint density at radius 3 is 2.22 bits per heavy atom. The molecule has 0 atom stereocenters. The lowest BCUT2D eigenvalue weighted by atomic mass is 10.3. The molecule has 18 heavy (non-hydrogen) atoms. The molecule has 0 aliphatic heterocycles. The lowest BCUT2D eigenvalue weighted by Crippen LogP contribution is -1.88. The smallest absolute Gasteiger partial charge is 0.0748 e. The van der Waals surface area contributed by atoms with Gasteiger partial charge in [-0.3, -0.25) is 4.99 Å². The van der Waals surface area contributed by atoms with Crippen molar-refractivity contribution in [3.63, 3.8) is 0 Å². The Morgan fingerprint density at radius 1 is 0.944 bits per heavy atom. The predicted octanol–water partition coefficient (Wildman–Crippen LogP) is 4.58. The summed E-state index contributed by atoms with van der Waals surface area (Å²) >= 11 is 6.03. The van der Waals surface area contributed by atoms with E-state index in [1.54, 1.807) is 12.4 Å². The average Bonchev–Trinajstić information content (AvgIpc) is 2.45. The van der Waals surface area contributed by atoms with E-state index < -0.39 is 0 Å². The molecule has 0 aliphatic carbocycles. The number of aliphatic imine (C=N–C) groups is 1. The number of halogens is 1. The summed E-state index contributed by atoms with van der Waals surface area (Å²) < 4.78 is 0. The van der Waals surface area contributed by atoms with Gasteiger partial charge >= 0.3 is 0 Å². The Labute approximate surface area is 112 Å². The molecule has 1 N–H and O–H groups in total. The minimum absolute atomic E-state index is 0.544. The number of nitrogens with one attached hydrogen (secondary N) is 1. The quantitative estimate of drug-likeness (QED) is 0.796. The Kier molecular flexibility index (Phi) is 4.56. The highest BCUT2D eigenvalue weighted by Gasteiger charge is 1.89. The van der Waals surface area contributed by atoms with Crippen molar-refractivity contribution in [1.29, 1.82) is 0 Å². The maximum absolute atomic E-state index is 6.03. The van der Waals surface area contributed by atoms with Crippen LogP contribution in [0.3, 0.4) is 0 Å². The number of allylic oxidation sites excluding steroid dienone is 1. The Balaban J connectivity index is 1.96. The second-order valence-electron chi connectivity index (χ2n) is 3.63. The zero-order valence-electron chi connectivity index (χ0n) is 9.75. The van der Waals surface area contributed by atoms with Crippen molar-refractivity contribution in [2.24, 2.45) is 4.99 Å². The monoisotopic (exact) mass is 256 g/mol. The summed E-state index contributed by atoms with van der Waals surface area (Å²) in [6, 6.07) is 19.5. The van der Waals surface area contributed by atoms with E-state index in [0.717, 1.165) is 11.4 Å². The van der Waals surface area contributed by atoms with Gasteiger partial charge in [0.15, 0.2) is 0 Å². The highest BCUT2D eigenvalue weighted by molar-refractivity contribution is 6.39. The SMILES string of the molecule is ClC(C=Nc1ccccc1)=CNc1ccccc1. The second kappa shape index (κ2) is 6.62. The van der Waals surface area contributed by atoms with E-state index >= 15 is 0 Å². The lowest BCUT2D eigenvalue weighted by molar-refractivity contribution is 1.53.